The van der Waals surface area contributed by atoms with E-state index in [4.69, 9.17) is 9.47 Å². The lowest BCUT2D eigenvalue weighted by molar-refractivity contribution is -0.129. The van der Waals surface area contributed by atoms with Crippen LogP contribution in [0.15, 0.2) is 48.0 Å². The number of unbranched alkanes of at least 4 members (excludes halogenated alkanes) is 1. The maximum absolute atomic E-state index is 12.2. The summed E-state index contributed by atoms with van der Waals surface area (Å²) in [7, 11) is 0. The Morgan fingerprint density at radius 1 is 1.08 bits per heavy atom. The molecule has 0 aromatic heterocycles. The standard InChI is InChI=1S/C22H23NO3/c1-4-5-12-25-20-10-7-18(8-11-20)14-19(15-23)22(24)26-21-9-6-16(2)17(3)13-21/h6-11,13-14H,4-5,12H2,1-3H3/b19-14+. The quantitative estimate of drug-likeness (QED) is 0.232. The average molecular weight is 349 g/mol. The predicted octanol–water partition coefficient (Wildman–Crippen LogP) is 4.99. The van der Waals surface area contributed by atoms with Gasteiger partial charge in [0.25, 0.3) is 0 Å². The molecule has 2 aromatic carbocycles. The van der Waals surface area contributed by atoms with Gasteiger partial charge < -0.3 is 9.47 Å². The van der Waals surface area contributed by atoms with E-state index in [1.807, 2.05) is 50.2 Å². The molecule has 2 aromatic rings. The summed E-state index contributed by atoms with van der Waals surface area (Å²) in [4.78, 5) is 12.2. The number of nitriles is 1. The maximum atomic E-state index is 12.2. The third kappa shape index (κ3) is 5.49. The van der Waals surface area contributed by atoms with Crippen LogP contribution in [0.25, 0.3) is 6.08 Å². The monoisotopic (exact) mass is 349 g/mol. The van der Waals surface area contributed by atoms with E-state index in [9.17, 15) is 10.1 Å². The third-order valence-electron chi connectivity index (χ3n) is 3.99. The zero-order chi connectivity index (χ0) is 18.9. The lowest BCUT2D eigenvalue weighted by Crippen LogP contribution is -2.10. The van der Waals surface area contributed by atoms with Gasteiger partial charge in [-0.2, -0.15) is 5.26 Å². The topological polar surface area (TPSA) is 59.3 Å². The molecule has 0 fully saturated rings. The molecule has 0 bridgehead atoms. The van der Waals surface area contributed by atoms with E-state index in [0.29, 0.717) is 12.4 Å². The molecule has 0 unspecified atom stereocenters. The second-order valence-corrected chi connectivity index (χ2v) is 6.08. The molecule has 4 nitrogen and oxygen atoms in total. The number of aryl methyl sites for hydroxylation is 2. The van der Waals surface area contributed by atoms with Gasteiger partial charge in [0.15, 0.2) is 0 Å². The third-order valence-corrected chi connectivity index (χ3v) is 3.99. The number of rotatable bonds is 7. The van der Waals surface area contributed by atoms with Crippen LogP contribution >= 0.6 is 0 Å². The highest BCUT2D eigenvalue weighted by Crippen LogP contribution is 2.19. The molecule has 0 aliphatic carbocycles. The van der Waals surface area contributed by atoms with Crippen molar-refractivity contribution in [3.63, 3.8) is 0 Å². The van der Waals surface area contributed by atoms with Gasteiger partial charge in [0.1, 0.15) is 23.1 Å². The smallest absolute Gasteiger partial charge is 0.354 e. The highest BCUT2D eigenvalue weighted by atomic mass is 16.5. The number of carbonyl (C=O) groups excluding carboxylic acids is 1. The molecule has 134 valence electrons. The first kappa shape index (κ1) is 19.3. The predicted molar refractivity (Wildman–Crippen MR) is 102 cm³/mol. The Bertz CT molecular complexity index is 829. The molecular formula is C22H23NO3. The first-order chi connectivity index (χ1) is 12.5. The molecular weight excluding hydrogens is 326 g/mol. The van der Waals surface area contributed by atoms with E-state index in [2.05, 4.69) is 6.92 Å². The van der Waals surface area contributed by atoms with Gasteiger partial charge in [-0.1, -0.05) is 31.5 Å². The van der Waals surface area contributed by atoms with E-state index in [1.54, 1.807) is 12.1 Å². The van der Waals surface area contributed by atoms with Gasteiger partial charge in [0, 0.05) is 0 Å². The van der Waals surface area contributed by atoms with Crippen molar-refractivity contribution < 1.29 is 14.3 Å². The molecule has 0 amide bonds. The number of hydrogen-bond acceptors (Lipinski definition) is 4. The number of carbonyl (C=O) groups is 1. The van der Waals surface area contributed by atoms with Crippen molar-refractivity contribution in [1.82, 2.24) is 0 Å². The lowest BCUT2D eigenvalue weighted by atomic mass is 10.1. The molecule has 0 aliphatic heterocycles. The zero-order valence-corrected chi connectivity index (χ0v) is 15.4. The van der Waals surface area contributed by atoms with Gasteiger partial charge in [0.05, 0.1) is 6.61 Å². The van der Waals surface area contributed by atoms with Crippen LogP contribution in [0.4, 0.5) is 0 Å². The Balaban J connectivity index is 2.07. The van der Waals surface area contributed by atoms with Gasteiger partial charge in [-0.05, 0) is 67.3 Å². The van der Waals surface area contributed by atoms with E-state index in [0.717, 1.165) is 35.3 Å². The molecule has 0 radical (unpaired) electrons. The summed E-state index contributed by atoms with van der Waals surface area (Å²) in [5.74, 6) is 0.532. The number of benzene rings is 2. The maximum Gasteiger partial charge on any atom is 0.354 e. The van der Waals surface area contributed by atoms with Crippen molar-refractivity contribution in [3.05, 3.63) is 64.7 Å². The highest BCUT2D eigenvalue weighted by molar-refractivity contribution is 5.99. The molecule has 0 N–H and O–H groups in total. The van der Waals surface area contributed by atoms with Crippen LogP contribution in [0, 0.1) is 25.2 Å². The Morgan fingerprint density at radius 3 is 2.38 bits per heavy atom. The van der Waals surface area contributed by atoms with Gasteiger partial charge in [-0.3, -0.25) is 0 Å². The summed E-state index contributed by atoms with van der Waals surface area (Å²) in [5, 5.41) is 9.29. The number of nitrogens with zero attached hydrogens (tertiary/aromatic N) is 1. The van der Waals surface area contributed by atoms with Crippen LogP contribution in [0.3, 0.4) is 0 Å². The Morgan fingerprint density at radius 2 is 1.77 bits per heavy atom. The van der Waals surface area contributed by atoms with Crippen LogP contribution in [0.2, 0.25) is 0 Å². The van der Waals surface area contributed by atoms with Crippen LogP contribution in [-0.4, -0.2) is 12.6 Å². The lowest BCUT2D eigenvalue weighted by Gasteiger charge is -2.07. The molecule has 4 heteroatoms. The van der Waals surface area contributed by atoms with Crippen LogP contribution in [-0.2, 0) is 4.79 Å². The van der Waals surface area contributed by atoms with Crippen molar-refractivity contribution in [2.75, 3.05) is 6.61 Å². The zero-order valence-electron chi connectivity index (χ0n) is 15.4. The van der Waals surface area contributed by atoms with E-state index in [-0.39, 0.29) is 5.57 Å². The van der Waals surface area contributed by atoms with Crippen LogP contribution in [0.5, 0.6) is 11.5 Å². The van der Waals surface area contributed by atoms with Crippen molar-refractivity contribution in [1.29, 1.82) is 5.26 Å². The number of ether oxygens (including phenoxy) is 2. The fraction of sp³-hybridized carbons (Fsp3) is 0.273. The minimum Gasteiger partial charge on any atom is -0.494 e. The summed E-state index contributed by atoms with van der Waals surface area (Å²) in [6.45, 7) is 6.71. The summed E-state index contributed by atoms with van der Waals surface area (Å²) >= 11 is 0. The molecule has 2 rings (SSSR count). The Labute approximate surface area is 154 Å². The van der Waals surface area contributed by atoms with Crippen molar-refractivity contribution >= 4 is 12.0 Å². The fourth-order valence-electron chi connectivity index (χ4n) is 2.24. The SMILES string of the molecule is CCCCOc1ccc(/C=C(\C#N)C(=O)Oc2ccc(C)c(C)c2)cc1. The summed E-state index contributed by atoms with van der Waals surface area (Å²) in [6, 6.07) is 14.6. The van der Waals surface area contributed by atoms with Gasteiger partial charge in [0.2, 0.25) is 0 Å². The van der Waals surface area contributed by atoms with Crippen molar-refractivity contribution in [2.45, 2.75) is 33.6 Å². The van der Waals surface area contributed by atoms with Crippen LogP contribution in [0.1, 0.15) is 36.5 Å². The second kappa shape index (κ2) is 9.43. The molecule has 0 spiro atoms. The second-order valence-electron chi connectivity index (χ2n) is 6.08. The summed E-state index contributed by atoms with van der Waals surface area (Å²) < 4.78 is 10.9. The first-order valence-electron chi connectivity index (χ1n) is 8.67. The molecule has 0 saturated heterocycles. The minimum atomic E-state index is -0.668. The number of esters is 1. The van der Waals surface area contributed by atoms with E-state index in [1.165, 1.54) is 6.08 Å². The number of hydrogen-bond donors (Lipinski definition) is 0. The normalized spacial score (nSPS) is 10.9. The van der Waals surface area contributed by atoms with Crippen LogP contribution < -0.4 is 9.47 Å². The van der Waals surface area contributed by atoms with Gasteiger partial charge >= 0.3 is 5.97 Å². The molecule has 0 aliphatic rings. The molecule has 0 heterocycles. The largest absolute Gasteiger partial charge is 0.494 e. The first-order valence-corrected chi connectivity index (χ1v) is 8.67. The molecule has 0 atom stereocenters. The van der Waals surface area contributed by atoms with Gasteiger partial charge in [-0.15, -0.1) is 0 Å². The summed E-state index contributed by atoms with van der Waals surface area (Å²) in [6.07, 6.45) is 3.60. The molecule has 26 heavy (non-hydrogen) atoms. The van der Waals surface area contributed by atoms with E-state index >= 15 is 0 Å². The minimum absolute atomic E-state index is 0.0529. The Kier molecular flexibility index (Phi) is 6.99. The average Bonchev–Trinajstić information content (AvgIpc) is 2.64. The van der Waals surface area contributed by atoms with Crippen molar-refractivity contribution in [3.8, 4) is 17.6 Å². The van der Waals surface area contributed by atoms with E-state index < -0.39 is 5.97 Å². The van der Waals surface area contributed by atoms with Gasteiger partial charge in [-0.25, -0.2) is 4.79 Å². The van der Waals surface area contributed by atoms with Crippen molar-refractivity contribution in [2.24, 2.45) is 0 Å². The highest BCUT2D eigenvalue weighted by Gasteiger charge is 2.12. The Hall–Kier alpha value is -3.06. The molecule has 0 saturated carbocycles. The fourth-order valence-corrected chi connectivity index (χ4v) is 2.24. The summed E-state index contributed by atoms with van der Waals surface area (Å²) in [5.41, 5.74) is 2.82.